The van der Waals surface area contributed by atoms with E-state index in [1.807, 2.05) is 13.8 Å². The van der Waals surface area contributed by atoms with Gasteiger partial charge < -0.3 is 15.0 Å². The molecule has 8 nitrogen and oxygen atoms in total. The lowest BCUT2D eigenvalue weighted by molar-refractivity contribution is -0.122. The number of aromatic nitrogens is 2. The third-order valence-corrected chi connectivity index (χ3v) is 5.49. The Kier molecular flexibility index (Phi) is 5.46. The van der Waals surface area contributed by atoms with Crippen molar-refractivity contribution in [2.24, 2.45) is 5.92 Å². The van der Waals surface area contributed by atoms with Crippen LogP contribution in [0.1, 0.15) is 26.3 Å². The van der Waals surface area contributed by atoms with Gasteiger partial charge in [-0.15, -0.1) is 0 Å². The molecule has 2 aromatic carbocycles. The lowest BCUT2D eigenvalue weighted by Crippen LogP contribution is -2.28. The van der Waals surface area contributed by atoms with Crippen LogP contribution in [-0.2, 0) is 9.59 Å². The van der Waals surface area contributed by atoms with E-state index in [0.29, 0.717) is 28.9 Å². The van der Waals surface area contributed by atoms with Crippen LogP contribution in [0.3, 0.4) is 0 Å². The first-order valence-corrected chi connectivity index (χ1v) is 10.1. The van der Waals surface area contributed by atoms with Crippen molar-refractivity contribution in [3.63, 3.8) is 0 Å². The first-order valence-electron chi connectivity index (χ1n) is 10.1. The van der Waals surface area contributed by atoms with Gasteiger partial charge in [0, 0.05) is 30.4 Å². The van der Waals surface area contributed by atoms with E-state index in [-0.39, 0.29) is 29.8 Å². The minimum Gasteiger partial charge on any atom is -0.497 e. The van der Waals surface area contributed by atoms with Crippen molar-refractivity contribution in [2.45, 2.75) is 26.3 Å². The van der Waals surface area contributed by atoms with Gasteiger partial charge in [0.15, 0.2) is 0 Å². The van der Waals surface area contributed by atoms with Gasteiger partial charge in [-0.05, 0) is 56.3 Å². The number of hydrogen-bond acceptors (Lipinski definition) is 5. The highest BCUT2D eigenvalue weighted by Crippen LogP contribution is 2.28. The topological polar surface area (TPSA) is 93.5 Å². The molecular formula is C23H24N4O4. The summed E-state index contributed by atoms with van der Waals surface area (Å²) in [4.78, 5) is 43.9. The van der Waals surface area contributed by atoms with E-state index in [0.717, 1.165) is 5.69 Å². The zero-order valence-corrected chi connectivity index (χ0v) is 17.7. The number of methoxy groups -OCH3 is 1. The van der Waals surface area contributed by atoms with Crippen LogP contribution in [0.4, 0.5) is 11.4 Å². The van der Waals surface area contributed by atoms with Crippen molar-refractivity contribution in [3.05, 3.63) is 59.1 Å². The monoisotopic (exact) mass is 420 g/mol. The fourth-order valence-electron chi connectivity index (χ4n) is 3.72. The maximum Gasteiger partial charge on any atom is 0.261 e. The smallest absolute Gasteiger partial charge is 0.261 e. The zero-order valence-electron chi connectivity index (χ0n) is 17.7. The first-order chi connectivity index (χ1) is 14.9. The summed E-state index contributed by atoms with van der Waals surface area (Å²) in [5.41, 5.74) is 1.65. The molecule has 31 heavy (non-hydrogen) atoms. The van der Waals surface area contributed by atoms with Crippen molar-refractivity contribution in [1.29, 1.82) is 0 Å². The summed E-state index contributed by atoms with van der Waals surface area (Å²) < 4.78 is 6.70. The number of nitrogens with one attached hydrogen (secondary N) is 1. The molecule has 0 saturated carbocycles. The van der Waals surface area contributed by atoms with Gasteiger partial charge in [-0.3, -0.25) is 19.0 Å². The maximum atomic E-state index is 12.8. The van der Waals surface area contributed by atoms with Crippen LogP contribution in [0.25, 0.3) is 10.9 Å². The van der Waals surface area contributed by atoms with Gasteiger partial charge in [0.25, 0.3) is 5.56 Å². The number of nitrogens with zero attached hydrogens (tertiary/aromatic N) is 3. The molecule has 0 aliphatic carbocycles. The van der Waals surface area contributed by atoms with E-state index >= 15 is 0 Å². The van der Waals surface area contributed by atoms with Gasteiger partial charge >= 0.3 is 0 Å². The van der Waals surface area contributed by atoms with Gasteiger partial charge in [0.05, 0.1) is 30.3 Å². The summed E-state index contributed by atoms with van der Waals surface area (Å²) in [7, 11) is 1.58. The molecule has 3 aromatic rings. The SMILES string of the molecule is COc1ccc(N2C[C@@H](C(=O)Nc3ccc4ncn(C(C)C)c(=O)c4c3)CC2=O)cc1. The fourth-order valence-corrected chi connectivity index (χ4v) is 3.72. The Labute approximate surface area is 179 Å². The summed E-state index contributed by atoms with van der Waals surface area (Å²) in [6.07, 6.45) is 1.67. The van der Waals surface area contributed by atoms with Gasteiger partial charge in [0.2, 0.25) is 11.8 Å². The normalized spacial score (nSPS) is 16.2. The minimum absolute atomic E-state index is 0.0175. The van der Waals surface area contributed by atoms with Gasteiger partial charge in [-0.1, -0.05) is 0 Å². The molecule has 0 spiro atoms. The molecule has 8 heteroatoms. The average Bonchev–Trinajstić information content (AvgIpc) is 3.16. The van der Waals surface area contributed by atoms with Crippen LogP contribution in [0.5, 0.6) is 5.75 Å². The zero-order chi connectivity index (χ0) is 22.1. The molecular weight excluding hydrogens is 396 g/mol. The number of benzene rings is 2. The van der Waals surface area contributed by atoms with E-state index in [1.165, 1.54) is 6.33 Å². The molecule has 1 atom stereocenters. The molecule has 1 aliphatic heterocycles. The van der Waals surface area contributed by atoms with Crippen LogP contribution in [0.15, 0.2) is 53.6 Å². The highest BCUT2D eigenvalue weighted by atomic mass is 16.5. The molecule has 2 amide bonds. The molecule has 160 valence electrons. The number of carbonyl (C=O) groups is 2. The molecule has 0 bridgehead atoms. The van der Waals surface area contributed by atoms with Crippen molar-refractivity contribution >= 4 is 34.1 Å². The van der Waals surface area contributed by atoms with Crippen LogP contribution >= 0.6 is 0 Å². The summed E-state index contributed by atoms with van der Waals surface area (Å²) >= 11 is 0. The number of anilines is 2. The molecule has 1 N–H and O–H groups in total. The summed E-state index contributed by atoms with van der Waals surface area (Å²) in [6, 6.07) is 12.2. The lowest BCUT2D eigenvalue weighted by Gasteiger charge is -2.17. The standard InChI is InChI=1S/C23H24N4O4/c1-14(2)27-13-24-20-9-4-16(11-19(20)23(27)30)25-22(29)15-10-21(28)26(12-15)17-5-7-18(31-3)8-6-17/h4-9,11,13-15H,10,12H2,1-3H3,(H,25,29)/t15-/m0/s1. The first kappa shape index (κ1) is 20.6. The van der Waals surface area contributed by atoms with Gasteiger partial charge in [-0.25, -0.2) is 4.98 Å². The molecule has 1 saturated heterocycles. The van der Waals surface area contributed by atoms with Crippen molar-refractivity contribution in [1.82, 2.24) is 9.55 Å². The number of rotatable bonds is 5. The van der Waals surface area contributed by atoms with E-state index in [9.17, 15) is 14.4 Å². The van der Waals surface area contributed by atoms with Gasteiger partial charge in [-0.2, -0.15) is 0 Å². The largest absolute Gasteiger partial charge is 0.497 e. The quantitative estimate of drug-likeness (QED) is 0.685. The Morgan fingerprint density at radius 3 is 2.58 bits per heavy atom. The minimum atomic E-state index is -0.480. The number of carbonyl (C=O) groups excluding carboxylic acids is 2. The van der Waals surface area contributed by atoms with Crippen LogP contribution < -0.4 is 20.5 Å². The Morgan fingerprint density at radius 1 is 1.16 bits per heavy atom. The van der Waals surface area contributed by atoms with Crippen LogP contribution in [0, 0.1) is 5.92 Å². The predicted octanol–water partition coefficient (Wildman–Crippen LogP) is 2.98. The average molecular weight is 420 g/mol. The second kappa shape index (κ2) is 8.22. The van der Waals surface area contributed by atoms with E-state index in [4.69, 9.17) is 4.74 Å². The molecule has 1 aromatic heterocycles. The second-order valence-corrected chi connectivity index (χ2v) is 7.88. The van der Waals surface area contributed by atoms with Gasteiger partial charge in [0.1, 0.15) is 5.75 Å². The molecule has 2 heterocycles. The molecule has 1 aliphatic rings. The maximum absolute atomic E-state index is 12.8. The second-order valence-electron chi connectivity index (χ2n) is 7.88. The molecule has 0 radical (unpaired) electrons. The van der Waals surface area contributed by atoms with Crippen molar-refractivity contribution in [3.8, 4) is 5.75 Å². The van der Waals surface area contributed by atoms with E-state index in [1.54, 1.807) is 59.0 Å². The Bertz CT molecular complexity index is 1200. The Morgan fingerprint density at radius 2 is 1.90 bits per heavy atom. The number of ether oxygens (including phenoxy) is 1. The predicted molar refractivity (Wildman–Crippen MR) is 118 cm³/mol. The van der Waals surface area contributed by atoms with E-state index < -0.39 is 5.92 Å². The number of amides is 2. The fraction of sp³-hybridized carbons (Fsp3) is 0.304. The van der Waals surface area contributed by atoms with Crippen LogP contribution in [-0.4, -0.2) is 35.0 Å². The molecule has 4 rings (SSSR count). The Hall–Kier alpha value is -3.68. The number of hydrogen-bond donors (Lipinski definition) is 1. The van der Waals surface area contributed by atoms with E-state index in [2.05, 4.69) is 10.3 Å². The third kappa shape index (κ3) is 4.01. The molecule has 0 unspecified atom stereocenters. The summed E-state index contributed by atoms with van der Waals surface area (Å²) in [5, 5.41) is 3.29. The number of fused-ring (bicyclic) bond motifs is 1. The highest BCUT2D eigenvalue weighted by molar-refractivity contribution is 6.04. The molecule has 1 fully saturated rings. The summed E-state index contributed by atoms with van der Waals surface area (Å²) in [6.45, 7) is 4.12. The third-order valence-electron chi connectivity index (χ3n) is 5.49. The van der Waals surface area contributed by atoms with Crippen LogP contribution in [0.2, 0.25) is 0 Å². The highest BCUT2D eigenvalue weighted by Gasteiger charge is 2.35. The Balaban J connectivity index is 1.51. The summed E-state index contributed by atoms with van der Waals surface area (Å²) in [5.74, 6) is -0.136. The lowest BCUT2D eigenvalue weighted by atomic mass is 10.1. The van der Waals surface area contributed by atoms with Crippen molar-refractivity contribution in [2.75, 3.05) is 23.9 Å². The van der Waals surface area contributed by atoms with Crippen molar-refractivity contribution < 1.29 is 14.3 Å².